The Kier molecular flexibility index (Phi) is 3.90. The number of ether oxygens (including phenoxy) is 2. The molecule has 0 atom stereocenters. The smallest absolute Gasteiger partial charge is 0.201 e. The van der Waals surface area contributed by atoms with E-state index < -0.39 is 0 Å². The van der Waals surface area contributed by atoms with Gasteiger partial charge in [-0.2, -0.15) is 0 Å². The molecule has 0 saturated heterocycles. The summed E-state index contributed by atoms with van der Waals surface area (Å²) in [5.74, 6) is 1.01. The lowest BCUT2D eigenvalue weighted by Crippen LogP contribution is -2.06. The summed E-state index contributed by atoms with van der Waals surface area (Å²) in [6.45, 7) is 3.95. The van der Waals surface area contributed by atoms with Gasteiger partial charge in [-0.15, -0.1) is 11.3 Å². The molecule has 2 aromatic rings. The molecule has 1 aromatic heterocycles. The molecule has 0 bridgehead atoms. The fourth-order valence-corrected chi connectivity index (χ4v) is 2.99. The maximum absolute atomic E-state index is 12.7. The van der Waals surface area contributed by atoms with Crippen molar-refractivity contribution in [3.05, 3.63) is 45.1 Å². The van der Waals surface area contributed by atoms with Crippen LogP contribution in [0, 0.1) is 13.8 Å². The van der Waals surface area contributed by atoms with Gasteiger partial charge in [0.05, 0.1) is 14.2 Å². The van der Waals surface area contributed by atoms with Crippen LogP contribution in [0.15, 0.2) is 24.3 Å². The Hall–Kier alpha value is -1.81. The Morgan fingerprint density at radius 3 is 2.11 bits per heavy atom. The molecule has 3 nitrogen and oxygen atoms in total. The van der Waals surface area contributed by atoms with Crippen molar-refractivity contribution < 1.29 is 14.3 Å². The Bertz CT molecular complexity index is 592. The summed E-state index contributed by atoms with van der Waals surface area (Å²) in [6.07, 6.45) is 0. The maximum Gasteiger partial charge on any atom is 0.201 e. The Morgan fingerprint density at radius 1 is 1.11 bits per heavy atom. The molecule has 1 aromatic carbocycles. The fourth-order valence-electron chi connectivity index (χ4n) is 2.07. The van der Waals surface area contributed by atoms with Crippen molar-refractivity contribution in [1.29, 1.82) is 0 Å². The van der Waals surface area contributed by atoms with E-state index in [-0.39, 0.29) is 5.78 Å². The lowest BCUT2D eigenvalue weighted by atomic mass is 10.0. The van der Waals surface area contributed by atoms with E-state index >= 15 is 0 Å². The van der Waals surface area contributed by atoms with Crippen molar-refractivity contribution in [3.8, 4) is 11.5 Å². The molecule has 0 aliphatic heterocycles. The standard InChI is InChI=1S/C15H16O3S/c1-9-8-11(10(2)19-9)15(16)14-12(17-3)6-5-7-13(14)18-4/h5-8H,1-4H3. The molecule has 0 aliphatic carbocycles. The summed E-state index contributed by atoms with van der Waals surface area (Å²) in [4.78, 5) is 14.8. The third kappa shape index (κ3) is 2.49. The first-order chi connectivity index (χ1) is 9.08. The van der Waals surface area contributed by atoms with Crippen molar-refractivity contribution in [2.75, 3.05) is 14.2 Å². The Labute approximate surface area is 116 Å². The van der Waals surface area contributed by atoms with Crippen LogP contribution in [0.2, 0.25) is 0 Å². The zero-order valence-electron chi connectivity index (χ0n) is 11.4. The third-order valence-electron chi connectivity index (χ3n) is 2.94. The van der Waals surface area contributed by atoms with Crippen LogP contribution in [0.1, 0.15) is 25.7 Å². The molecule has 1 heterocycles. The molecule has 0 amide bonds. The monoisotopic (exact) mass is 276 g/mol. The lowest BCUT2D eigenvalue weighted by Gasteiger charge is -2.11. The SMILES string of the molecule is COc1cccc(OC)c1C(=O)c1cc(C)sc1C. The first-order valence-electron chi connectivity index (χ1n) is 5.91. The average Bonchev–Trinajstić information content (AvgIpc) is 2.75. The summed E-state index contributed by atoms with van der Waals surface area (Å²) < 4.78 is 10.6. The second-order valence-electron chi connectivity index (χ2n) is 4.19. The van der Waals surface area contributed by atoms with Gasteiger partial charge in [0, 0.05) is 15.3 Å². The molecular weight excluding hydrogens is 260 g/mol. The number of carbonyl (C=O) groups is 1. The van der Waals surface area contributed by atoms with Gasteiger partial charge in [-0.3, -0.25) is 4.79 Å². The Morgan fingerprint density at radius 2 is 1.68 bits per heavy atom. The molecule has 2 rings (SSSR count). The zero-order chi connectivity index (χ0) is 14.0. The molecule has 0 N–H and O–H groups in total. The summed E-state index contributed by atoms with van der Waals surface area (Å²) >= 11 is 1.62. The topological polar surface area (TPSA) is 35.5 Å². The molecule has 0 aliphatic rings. The second-order valence-corrected chi connectivity index (χ2v) is 5.65. The van der Waals surface area contributed by atoms with Crippen LogP contribution in [0.5, 0.6) is 11.5 Å². The van der Waals surface area contributed by atoms with Crippen LogP contribution >= 0.6 is 11.3 Å². The van der Waals surface area contributed by atoms with E-state index in [0.29, 0.717) is 22.6 Å². The lowest BCUT2D eigenvalue weighted by molar-refractivity contribution is 0.103. The molecule has 0 unspecified atom stereocenters. The number of benzene rings is 1. The summed E-state index contributed by atoms with van der Waals surface area (Å²) in [5.41, 5.74) is 1.19. The van der Waals surface area contributed by atoms with Gasteiger partial charge in [-0.1, -0.05) is 6.07 Å². The number of carbonyl (C=O) groups excluding carboxylic acids is 1. The first-order valence-corrected chi connectivity index (χ1v) is 6.72. The number of hydrogen-bond donors (Lipinski definition) is 0. The minimum Gasteiger partial charge on any atom is -0.496 e. The number of methoxy groups -OCH3 is 2. The number of aryl methyl sites for hydroxylation is 2. The van der Waals surface area contributed by atoms with Gasteiger partial charge in [-0.05, 0) is 32.0 Å². The van der Waals surface area contributed by atoms with Gasteiger partial charge >= 0.3 is 0 Å². The highest BCUT2D eigenvalue weighted by molar-refractivity contribution is 7.12. The highest BCUT2D eigenvalue weighted by Gasteiger charge is 2.22. The maximum atomic E-state index is 12.7. The number of ketones is 1. The molecule has 0 saturated carbocycles. The predicted molar refractivity (Wildman–Crippen MR) is 76.8 cm³/mol. The van der Waals surface area contributed by atoms with Crippen molar-refractivity contribution in [1.82, 2.24) is 0 Å². The van der Waals surface area contributed by atoms with Gasteiger partial charge in [-0.25, -0.2) is 0 Å². The van der Waals surface area contributed by atoms with Crippen molar-refractivity contribution in [2.24, 2.45) is 0 Å². The van der Waals surface area contributed by atoms with E-state index in [1.165, 1.54) is 0 Å². The quantitative estimate of drug-likeness (QED) is 0.800. The minimum absolute atomic E-state index is 0.0591. The van der Waals surface area contributed by atoms with Crippen LogP contribution in [0.3, 0.4) is 0 Å². The molecule has 0 radical (unpaired) electrons. The highest BCUT2D eigenvalue weighted by atomic mass is 32.1. The van der Waals surface area contributed by atoms with Gasteiger partial charge < -0.3 is 9.47 Å². The van der Waals surface area contributed by atoms with Gasteiger partial charge in [0.1, 0.15) is 17.1 Å². The summed E-state index contributed by atoms with van der Waals surface area (Å²) in [5, 5.41) is 0. The van der Waals surface area contributed by atoms with Crippen LogP contribution < -0.4 is 9.47 Å². The first kappa shape index (κ1) is 13.6. The number of thiophene rings is 1. The van der Waals surface area contributed by atoms with Crippen molar-refractivity contribution in [2.45, 2.75) is 13.8 Å². The van der Waals surface area contributed by atoms with Crippen LogP contribution in [0.25, 0.3) is 0 Å². The van der Waals surface area contributed by atoms with Gasteiger partial charge in [0.25, 0.3) is 0 Å². The minimum atomic E-state index is -0.0591. The van der Waals surface area contributed by atoms with Gasteiger partial charge in [0.2, 0.25) is 5.78 Å². The highest BCUT2D eigenvalue weighted by Crippen LogP contribution is 2.33. The average molecular weight is 276 g/mol. The van der Waals surface area contributed by atoms with E-state index in [2.05, 4.69) is 0 Å². The van der Waals surface area contributed by atoms with Crippen molar-refractivity contribution in [3.63, 3.8) is 0 Å². The zero-order valence-corrected chi connectivity index (χ0v) is 12.3. The van der Waals surface area contributed by atoms with Crippen LogP contribution in [-0.4, -0.2) is 20.0 Å². The van der Waals surface area contributed by atoms with E-state index in [1.807, 2.05) is 19.9 Å². The van der Waals surface area contributed by atoms with Gasteiger partial charge in [0.15, 0.2) is 0 Å². The fraction of sp³-hybridized carbons (Fsp3) is 0.267. The predicted octanol–water partition coefficient (Wildman–Crippen LogP) is 3.61. The Balaban J connectivity index is 2.58. The van der Waals surface area contributed by atoms with E-state index in [1.54, 1.807) is 43.8 Å². The molecule has 19 heavy (non-hydrogen) atoms. The van der Waals surface area contributed by atoms with Crippen LogP contribution in [-0.2, 0) is 0 Å². The summed E-state index contributed by atoms with van der Waals surface area (Å²) in [7, 11) is 3.11. The molecule has 0 fully saturated rings. The molecular formula is C15H16O3S. The van der Waals surface area contributed by atoms with E-state index in [9.17, 15) is 4.79 Å². The van der Waals surface area contributed by atoms with Crippen LogP contribution in [0.4, 0.5) is 0 Å². The second kappa shape index (κ2) is 5.45. The third-order valence-corrected chi connectivity index (χ3v) is 3.91. The molecule has 100 valence electrons. The largest absolute Gasteiger partial charge is 0.496 e. The summed E-state index contributed by atoms with van der Waals surface area (Å²) in [6, 6.07) is 7.25. The van der Waals surface area contributed by atoms with Crippen molar-refractivity contribution >= 4 is 17.1 Å². The molecule has 4 heteroatoms. The van der Waals surface area contributed by atoms with E-state index in [0.717, 1.165) is 9.75 Å². The normalized spacial score (nSPS) is 10.3. The molecule has 0 spiro atoms. The van der Waals surface area contributed by atoms with E-state index in [4.69, 9.17) is 9.47 Å². The number of rotatable bonds is 4. The number of hydrogen-bond acceptors (Lipinski definition) is 4.